The molecule has 1 aromatic heterocycles. The van der Waals surface area contributed by atoms with Crippen molar-refractivity contribution in [1.29, 1.82) is 0 Å². The van der Waals surface area contributed by atoms with Crippen LogP contribution in [-0.2, 0) is 6.54 Å². The van der Waals surface area contributed by atoms with Crippen molar-refractivity contribution in [2.45, 2.75) is 12.6 Å². The van der Waals surface area contributed by atoms with Gasteiger partial charge in [0.2, 0.25) is 0 Å². The highest BCUT2D eigenvalue weighted by Gasteiger charge is 2.11. The Morgan fingerprint density at radius 2 is 2.08 bits per heavy atom. The highest BCUT2D eigenvalue weighted by atomic mass is 19.2. The molecule has 7 heteroatoms. The number of pyridine rings is 1. The Morgan fingerprint density at radius 3 is 2.76 bits per heavy atom. The average Bonchev–Trinajstić information content (AvgIpc) is 2.64. The number of aliphatic hydroxyl groups excluding tert-OH is 1. The van der Waals surface area contributed by atoms with Crippen molar-refractivity contribution in [2.75, 3.05) is 13.1 Å². The van der Waals surface area contributed by atoms with Gasteiger partial charge in [-0.05, 0) is 29.8 Å². The van der Waals surface area contributed by atoms with E-state index in [2.05, 4.69) is 27.2 Å². The molecule has 1 atom stereocenters. The molecule has 1 heterocycles. The molecule has 132 valence electrons. The van der Waals surface area contributed by atoms with E-state index in [0.29, 0.717) is 19.0 Å². The summed E-state index contributed by atoms with van der Waals surface area (Å²) in [4.78, 5) is 8.55. The van der Waals surface area contributed by atoms with Crippen LogP contribution in [0.1, 0.15) is 17.4 Å². The highest BCUT2D eigenvalue weighted by molar-refractivity contribution is 5.79. The first-order valence-electron chi connectivity index (χ1n) is 7.76. The standard InChI is InChI=1S/C18H20F2N4O/c1-2-8-22-18(23-11-14-5-3-4-9-21-14)24-12-17(25)13-6-7-15(19)16(20)10-13/h2-7,9-10,17,25H,1,8,11-12H2,(H2,22,23,24)/t17-/m0/s1. The van der Waals surface area contributed by atoms with Gasteiger partial charge in [-0.2, -0.15) is 0 Å². The fourth-order valence-corrected chi connectivity index (χ4v) is 2.03. The van der Waals surface area contributed by atoms with Gasteiger partial charge in [-0.1, -0.05) is 18.2 Å². The molecular weight excluding hydrogens is 326 g/mol. The number of benzene rings is 1. The minimum absolute atomic E-state index is 0.0796. The van der Waals surface area contributed by atoms with Crippen molar-refractivity contribution in [3.63, 3.8) is 0 Å². The minimum Gasteiger partial charge on any atom is -0.387 e. The topological polar surface area (TPSA) is 69.5 Å². The van der Waals surface area contributed by atoms with Crippen molar-refractivity contribution < 1.29 is 13.9 Å². The molecule has 0 spiro atoms. The van der Waals surface area contributed by atoms with E-state index in [1.807, 2.05) is 18.2 Å². The minimum atomic E-state index is -1.01. The van der Waals surface area contributed by atoms with Crippen LogP contribution in [0.2, 0.25) is 0 Å². The van der Waals surface area contributed by atoms with Gasteiger partial charge in [0.25, 0.3) is 0 Å². The number of rotatable bonds is 7. The Bertz CT molecular complexity index is 722. The number of aromatic nitrogens is 1. The summed E-state index contributed by atoms with van der Waals surface area (Å²) in [6.45, 7) is 4.54. The number of nitrogens with zero attached hydrogens (tertiary/aromatic N) is 2. The summed E-state index contributed by atoms with van der Waals surface area (Å²) >= 11 is 0. The van der Waals surface area contributed by atoms with Gasteiger partial charge in [-0.3, -0.25) is 4.98 Å². The average molecular weight is 346 g/mol. The molecule has 0 amide bonds. The highest BCUT2D eigenvalue weighted by Crippen LogP contribution is 2.15. The lowest BCUT2D eigenvalue weighted by Crippen LogP contribution is -2.39. The van der Waals surface area contributed by atoms with E-state index in [0.717, 1.165) is 17.8 Å². The first kappa shape index (κ1) is 18.5. The zero-order valence-electron chi connectivity index (χ0n) is 13.6. The molecule has 0 unspecified atom stereocenters. The van der Waals surface area contributed by atoms with E-state index < -0.39 is 17.7 Å². The molecular formula is C18H20F2N4O. The van der Waals surface area contributed by atoms with Gasteiger partial charge < -0.3 is 15.7 Å². The third kappa shape index (κ3) is 5.96. The molecule has 0 saturated heterocycles. The van der Waals surface area contributed by atoms with Gasteiger partial charge in [0.05, 0.1) is 18.3 Å². The molecule has 5 nitrogen and oxygen atoms in total. The second-order valence-corrected chi connectivity index (χ2v) is 5.23. The molecule has 0 aliphatic carbocycles. The summed E-state index contributed by atoms with van der Waals surface area (Å²) in [5.41, 5.74) is 1.07. The van der Waals surface area contributed by atoms with E-state index in [4.69, 9.17) is 0 Å². The van der Waals surface area contributed by atoms with Crippen LogP contribution in [0.3, 0.4) is 0 Å². The Labute approximate surface area is 145 Å². The van der Waals surface area contributed by atoms with E-state index >= 15 is 0 Å². The SMILES string of the molecule is C=CCNC(=NCc1ccccn1)NC[C@H](O)c1ccc(F)c(F)c1. The van der Waals surface area contributed by atoms with Gasteiger partial charge >= 0.3 is 0 Å². The van der Waals surface area contributed by atoms with Gasteiger partial charge in [0.1, 0.15) is 0 Å². The van der Waals surface area contributed by atoms with Gasteiger partial charge in [-0.15, -0.1) is 6.58 Å². The molecule has 2 rings (SSSR count). The largest absolute Gasteiger partial charge is 0.387 e. The van der Waals surface area contributed by atoms with Crippen LogP contribution < -0.4 is 10.6 Å². The molecule has 3 N–H and O–H groups in total. The van der Waals surface area contributed by atoms with E-state index in [1.54, 1.807) is 12.3 Å². The maximum atomic E-state index is 13.3. The van der Waals surface area contributed by atoms with Crippen molar-refractivity contribution in [1.82, 2.24) is 15.6 Å². The number of nitrogens with one attached hydrogen (secondary N) is 2. The van der Waals surface area contributed by atoms with Crippen molar-refractivity contribution in [2.24, 2.45) is 4.99 Å². The molecule has 1 aromatic carbocycles. The molecule has 2 aromatic rings. The quantitative estimate of drug-likeness (QED) is 0.409. The molecule has 0 aliphatic rings. The Balaban J connectivity index is 1.98. The number of guanidine groups is 1. The predicted octanol–water partition coefficient (Wildman–Crippen LogP) is 2.31. The summed E-state index contributed by atoms with van der Waals surface area (Å²) in [6.07, 6.45) is 2.34. The third-order valence-corrected chi connectivity index (χ3v) is 3.33. The zero-order valence-corrected chi connectivity index (χ0v) is 13.6. The Kier molecular flexibility index (Phi) is 7.03. The van der Waals surface area contributed by atoms with Crippen LogP contribution in [0, 0.1) is 11.6 Å². The number of aliphatic hydroxyl groups is 1. The number of halogens is 2. The zero-order chi connectivity index (χ0) is 18.1. The lowest BCUT2D eigenvalue weighted by molar-refractivity contribution is 0.180. The van der Waals surface area contributed by atoms with Crippen LogP contribution in [0.4, 0.5) is 8.78 Å². The number of hydrogen-bond donors (Lipinski definition) is 3. The Hall–Kier alpha value is -2.80. The van der Waals surface area contributed by atoms with Crippen molar-refractivity contribution >= 4 is 5.96 Å². The van der Waals surface area contributed by atoms with Crippen molar-refractivity contribution in [3.8, 4) is 0 Å². The summed E-state index contributed by atoms with van der Waals surface area (Å²) in [5.74, 6) is -1.49. The van der Waals surface area contributed by atoms with E-state index in [-0.39, 0.29) is 12.1 Å². The molecule has 0 fully saturated rings. The number of hydrogen-bond acceptors (Lipinski definition) is 3. The fourth-order valence-electron chi connectivity index (χ4n) is 2.03. The summed E-state index contributed by atoms with van der Waals surface area (Å²) in [5, 5.41) is 16.1. The van der Waals surface area contributed by atoms with Gasteiger partial charge in [0, 0.05) is 19.3 Å². The molecule has 25 heavy (non-hydrogen) atoms. The summed E-state index contributed by atoms with van der Waals surface area (Å²) < 4.78 is 26.2. The molecule has 0 saturated carbocycles. The van der Waals surface area contributed by atoms with E-state index in [1.165, 1.54) is 6.07 Å². The van der Waals surface area contributed by atoms with E-state index in [9.17, 15) is 13.9 Å². The van der Waals surface area contributed by atoms with Gasteiger partial charge in [-0.25, -0.2) is 13.8 Å². The Morgan fingerprint density at radius 1 is 1.24 bits per heavy atom. The smallest absolute Gasteiger partial charge is 0.192 e. The molecule has 0 aliphatic heterocycles. The molecule has 0 bridgehead atoms. The fraction of sp³-hybridized carbons (Fsp3) is 0.222. The summed E-state index contributed by atoms with van der Waals surface area (Å²) in [7, 11) is 0. The number of aliphatic imine (C=N–C) groups is 1. The maximum Gasteiger partial charge on any atom is 0.192 e. The lowest BCUT2D eigenvalue weighted by atomic mass is 10.1. The van der Waals surface area contributed by atoms with Crippen molar-refractivity contribution in [3.05, 3.63) is 78.1 Å². The molecule has 0 radical (unpaired) electrons. The second-order valence-electron chi connectivity index (χ2n) is 5.23. The van der Waals surface area contributed by atoms with Crippen LogP contribution in [0.5, 0.6) is 0 Å². The first-order valence-corrected chi connectivity index (χ1v) is 7.76. The van der Waals surface area contributed by atoms with Gasteiger partial charge in [0.15, 0.2) is 17.6 Å². The monoisotopic (exact) mass is 346 g/mol. The maximum absolute atomic E-state index is 13.3. The third-order valence-electron chi connectivity index (χ3n) is 3.33. The van der Waals surface area contributed by atoms with Crippen LogP contribution in [-0.4, -0.2) is 29.1 Å². The second kappa shape index (κ2) is 9.48. The predicted molar refractivity (Wildman–Crippen MR) is 92.9 cm³/mol. The van der Waals surface area contributed by atoms with Crippen LogP contribution in [0.25, 0.3) is 0 Å². The normalized spacial score (nSPS) is 12.5. The lowest BCUT2D eigenvalue weighted by Gasteiger charge is -2.15. The van der Waals surface area contributed by atoms with Crippen LogP contribution in [0.15, 0.2) is 60.2 Å². The first-order chi connectivity index (χ1) is 12.1. The van der Waals surface area contributed by atoms with Crippen LogP contribution >= 0.6 is 0 Å². The summed E-state index contributed by atoms with van der Waals surface area (Å²) in [6, 6.07) is 8.84.